The molecule has 0 saturated carbocycles. The van der Waals surface area contributed by atoms with Crippen molar-refractivity contribution in [2.45, 2.75) is 46.6 Å². The van der Waals surface area contributed by atoms with E-state index < -0.39 is 0 Å². The number of nitrogens with one attached hydrogen (secondary N) is 1. The van der Waals surface area contributed by atoms with E-state index in [4.69, 9.17) is 4.52 Å². The Balaban J connectivity index is 2.21. The Morgan fingerprint density at radius 1 is 1.44 bits per heavy atom. The number of nitrogens with zero attached hydrogens (tertiary/aromatic N) is 1. The molecule has 3 heteroatoms. The molecule has 1 aliphatic carbocycles. The summed E-state index contributed by atoms with van der Waals surface area (Å²) >= 11 is 0. The summed E-state index contributed by atoms with van der Waals surface area (Å²) in [5.41, 5.74) is 2.85. The molecule has 1 heterocycles. The molecule has 1 aliphatic rings. The van der Waals surface area contributed by atoms with Crippen molar-refractivity contribution < 1.29 is 4.52 Å². The molecule has 3 nitrogen and oxygen atoms in total. The van der Waals surface area contributed by atoms with E-state index in [-0.39, 0.29) is 0 Å². The van der Waals surface area contributed by atoms with Crippen molar-refractivity contribution >= 4 is 0 Å². The van der Waals surface area contributed by atoms with Crippen LogP contribution >= 0.6 is 0 Å². The van der Waals surface area contributed by atoms with Gasteiger partial charge in [0.1, 0.15) is 11.5 Å². The topological polar surface area (TPSA) is 38.1 Å². The molecule has 1 aromatic rings. The second-order valence-electron chi connectivity index (χ2n) is 5.87. The predicted molar refractivity (Wildman–Crippen MR) is 64.2 cm³/mol. The van der Waals surface area contributed by atoms with Crippen LogP contribution in [-0.2, 0) is 19.4 Å². The quantitative estimate of drug-likeness (QED) is 0.835. The maximum absolute atomic E-state index is 5.41. The number of hydrogen-bond donors (Lipinski definition) is 1. The molecule has 0 bridgehead atoms. The minimum absolute atomic E-state index is 0.381. The largest absolute Gasteiger partial charge is 0.361 e. The zero-order valence-electron chi connectivity index (χ0n) is 10.8. The monoisotopic (exact) mass is 222 g/mol. The molecule has 90 valence electrons. The smallest absolute Gasteiger partial charge is 0.140 e. The van der Waals surface area contributed by atoms with Crippen LogP contribution in [-0.4, -0.2) is 12.2 Å². The first-order valence-electron chi connectivity index (χ1n) is 6.13. The van der Waals surface area contributed by atoms with Gasteiger partial charge in [0, 0.05) is 18.5 Å². The standard InChI is InChI=1S/C13H22N2O/c1-13(2,3)9-5-6-12-10(7-9)11(8-14-4)15-16-12/h9,14H,5-8H2,1-4H3. The third-order valence-corrected chi connectivity index (χ3v) is 3.69. The second kappa shape index (κ2) is 4.21. The summed E-state index contributed by atoms with van der Waals surface area (Å²) in [6, 6.07) is 0. The van der Waals surface area contributed by atoms with Gasteiger partial charge in [-0.25, -0.2) is 0 Å². The van der Waals surface area contributed by atoms with E-state index in [1.54, 1.807) is 0 Å². The highest BCUT2D eigenvalue weighted by atomic mass is 16.5. The van der Waals surface area contributed by atoms with Gasteiger partial charge in [-0.2, -0.15) is 0 Å². The van der Waals surface area contributed by atoms with Gasteiger partial charge in [0.2, 0.25) is 0 Å². The van der Waals surface area contributed by atoms with Crippen molar-refractivity contribution in [3.63, 3.8) is 0 Å². The van der Waals surface area contributed by atoms with Crippen LogP contribution in [0.4, 0.5) is 0 Å². The van der Waals surface area contributed by atoms with Crippen LogP contribution in [0.1, 0.15) is 44.2 Å². The van der Waals surface area contributed by atoms with E-state index in [0.29, 0.717) is 5.41 Å². The summed E-state index contributed by atoms with van der Waals surface area (Å²) in [7, 11) is 1.95. The third-order valence-electron chi connectivity index (χ3n) is 3.69. The lowest BCUT2D eigenvalue weighted by molar-refractivity contribution is 0.206. The fraction of sp³-hybridized carbons (Fsp3) is 0.769. The summed E-state index contributed by atoms with van der Waals surface area (Å²) in [4.78, 5) is 0. The second-order valence-corrected chi connectivity index (χ2v) is 5.87. The molecule has 0 spiro atoms. The molecule has 16 heavy (non-hydrogen) atoms. The molecule has 0 aromatic carbocycles. The highest BCUT2D eigenvalue weighted by Crippen LogP contribution is 2.38. The highest BCUT2D eigenvalue weighted by Gasteiger charge is 2.32. The van der Waals surface area contributed by atoms with E-state index in [2.05, 4.69) is 31.2 Å². The summed E-state index contributed by atoms with van der Waals surface area (Å²) in [5, 5.41) is 7.32. The average Bonchev–Trinajstić information content (AvgIpc) is 2.60. The summed E-state index contributed by atoms with van der Waals surface area (Å²) < 4.78 is 5.41. The summed E-state index contributed by atoms with van der Waals surface area (Å²) in [6.07, 6.45) is 3.40. The molecule has 1 aromatic heterocycles. The van der Waals surface area contributed by atoms with E-state index in [9.17, 15) is 0 Å². The van der Waals surface area contributed by atoms with Crippen LogP contribution in [0.25, 0.3) is 0 Å². The Morgan fingerprint density at radius 2 is 2.19 bits per heavy atom. The zero-order chi connectivity index (χ0) is 11.8. The normalized spacial score (nSPS) is 20.9. The molecular weight excluding hydrogens is 200 g/mol. The van der Waals surface area contributed by atoms with Gasteiger partial charge >= 0.3 is 0 Å². The third kappa shape index (κ3) is 2.14. The molecule has 2 rings (SSSR count). The van der Waals surface area contributed by atoms with Crippen LogP contribution in [0, 0.1) is 11.3 Å². The van der Waals surface area contributed by atoms with Gasteiger partial charge in [-0.1, -0.05) is 25.9 Å². The van der Waals surface area contributed by atoms with Crippen molar-refractivity contribution in [3.05, 3.63) is 17.0 Å². The number of rotatable bonds is 2. The van der Waals surface area contributed by atoms with Gasteiger partial charge in [0.25, 0.3) is 0 Å². The van der Waals surface area contributed by atoms with Crippen LogP contribution in [0.5, 0.6) is 0 Å². The molecule has 1 unspecified atom stereocenters. The maximum atomic E-state index is 5.41. The lowest BCUT2D eigenvalue weighted by atomic mass is 9.71. The molecule has 0 saturated heterocycles. The molecule has 0 fully saturated rings. The van der Waals surface area contributed by atoms with E-state index in [0.717, 1.165) is 36.8 Å². The minimum Gasteiger partial charge on any atom is -0.361 e. The SMILES string of the molecule is CNCc1noc2c1CC(C(C)(C)C)CC2. The average molecular weight is 222 g/mol. The minimum atomic E-state index is 0.381. The van der Waals surface area contributed by atoms with Crippen molar-refractivity contribution in [1.29, 1.82) is 0 Å². The number of hydrogen-bond acceptors (Lipinski definition) is 3. The van der Waals surface area contributed by atoms with Crippen molar-refractivity contribution in [2.24, 2.45) is 11.3 Å². The molecule has 0 aliphatic heterocycles. The van der Waals surface area contributed by atoms with Gasteiger partial charge < -0.3 is 9.84 Å². The maximum Gasteiger partial charge on any atom is 0.140 e. The molecule has 0 amide bonds. The molecule has 1 atom stereocenters. The lowest BCUT2D eigenvalue weighted by Gasteiger charge is -2.33. The van der Waals surface area contributed by atoms with Crippen LogP contribution in [0.15, 0.2) is 4.52 Å². The van der Waals surface area contributed by atoms with Gasteiger partial charge in [-0.05, 0) is 31.2 Å². The van der Waals surface area contributed by atoms with Crippen molar-refractivity contribution in [1.82, 2.24) is 10.5 Å². The Labute approximate surface area is 97.6 Å². The predicted octanol–water partition coefficient (Wildman–Crippen LogP) is 2.55. The summed E-state index contributed by atoms with van der Waals surface area (Å²) in [5.74, 6) is 1.86. The van der Waals surface area contributed by atoms with Gasteiger partial charge in [0.05, 0.1) is 0 Å². The molecular formula is C13H22N2O. The van der Waals surface area contributed by atoms with E-state index in [1.807, 2.05) is 7.05 Å². The highest BCUT2D eigenvalue weighted by molar-refractivity contribution is 5.26. The van der Waals surface area contributed by atoms with E-state index >= 15 is 0 Å². The van der Waals surface area contributed by atoms with Gasteiger partial charge in [-0.3, -0.25) is 0 Å². The fourth-order valence-corrected chi connectivity index (χ4v) is 2.51. The first kappa shape index (κ1) is 11.6. The number of fused-ring (bicyclic) bond motifs is 1. The first-order chi connectivity index (χ1) is 7.52. The number of aromatic nitrogens is 1. The first-order valence-corrected chi connectivity index (χ1v) is 6.13. The van der Waals surface area contributed by atoms with Gasteiger partial charge in [-0.15, -0.1) is 0 Å². The molecule has 0 radical (unpaired) electrons. The summed E-state index contributed by atoms with van der Waals surface area (Å²) in [6.45, 7) is 7.80. The fourth-order valence-electron chi connectivity index (χ4n) is 2.51. The molecule has 1 N–H and O–H groups in total. The van der Waals surface area contributed by atoms with Gasteiger partial charge in [0.15, 0.2) is 0 Å². The van der Waals surface area contributed by atoms with Crippen LogP contribution in [0.2, 0.25) is 0 Å². The van der Waals surface area contributed by atoms with Crippen LogP contribution < -0.4 is 5.32 Å². The van der Waals surface area contributed by atoms with Crippen molar-refractivity contribution in [3.8, 4) is 0 Å². The van der Waals surface area contributed by atoms with Crippen LogP contribution in [0.3, 0.4) is 0 Å². The number of aryl methyl sites for hydroxylation is 1. The Hall–Kier alpha value is -0.830. The zero-order valence-corrected chi connectivity index (χ0v) is 10.8. The Kier molecular flexibility index (Phi) is 3.06. The van der Waals surface area contributed by atoms with Crippen molar-refractivity contribution in [2.75, 3.05) is 7.05 Å². The lowest BCUT2D eigenvalue weighted by Crippen LogP contribution is -2.27. The van der Waals surface area contributed by atoms with E-state index in [1.165, 1.54) is 12.0 Å². The Bertz CT molecular complexity index is 362. The Morgan fingerprint density at radius 3 is 2.81 bits per heavy atom.